The molecule has 4 nitrogen and oxygen atoms in total. The van der Waals surface area contributed by atoms with Gasteiger partial charge in [-0.1, -0.05) is 33.6 Å². The number of carbonyl (C=O) groups is 2. The number of fused-ring (bicyclic) bond motifs is 7. The molecule has 0 spiro atoms. The lowest BCUT2D eigenvalue weighted by Crippen LogP contribution is -2.66. The van der Waals surface area contributed by atoms with Crippen LogP contribution in [-0.4, -0.2) is 28.6 Å². The fourth-order valence-electron chi connectivity index (χ4n) is 10.8. The first kappa shape index (κ1) is 22.9. The smallest absolute Gasteiger partial charge is 0.302 e. The van der Waals surface area contributed by atoms with Crippen LogP contribution in [0.4, 0.5) is 0 Å². The summed E-state index contributed by atoms with van der Waals surface area (Å²) in [4.78, 5) is 24.9. The molecule has 5 aliphatic carbocycles. The number of Topliss-reactive ketones (excluding diaryl/α,β-unsaturated/α-hetero) is 1. The van der Waals surface area contributed by atoms with Gasteiger partial charge in [-0.05, 0) is 98.7 Å². The lowest BCUT2D eigenvalue weighted by atomic mass is 9.40. The van der Waals surface area contributed by atoms with Crippen molar-refractivity contribution < 1.29 is 19.4 Å². The van der Waals surface area contributed by atoms with Gasteiger partial charge in [-0.2, -0.15) is 0 Å². The van der Waals surface area contributed by atoms with E-state index in [0.29, 0.717) is 35.9 Å². The van der Waals surface area contributed by atoms with Crippen LogP contribution in [0, 0.1) is 45.8 Å². The monoisotopic (exact) mass is 444 g/mol. The lowest BCUT2D eigenvalue weighted by Gasteiger charge is -2.66. The van der Waals surface area contributed by atoms with Gasteiger partial charge in [0.25, 0.3) is 0 Å². The number of rotatable bonds is 2. The summed E-state index contributed by atoms with van der Waals surface area (Å²) < 4.78 is 5.59. The number of ketones is 1. The highest BCUT2D eigenvalue weighted by atomic mass is 16.5. The van der Waals surface area contributed by atoms with E-state index in [2.05, 4.69) is 20.8 Å². The minimum absolute atomic E-state index is 0.105. The normalized spacial score (nSPS) is 54.6. The summed E-state index contributed by atoms with van der Waals surface area (Å²) in [6, 6.07) is 0. The molecule has 4 heteroatoms. The second-order valence-electron chi connectivity index (χ2n) is 13.0. The summed E-state index contributed by atoms with van der Waals surface area (Å²) in [6.07, 6.45) is 11.5. The molecule has 0 amide bonds. The van der Waals surface area contributed by atoms with Crippen LogP contribution >= 0.6 is 0 Å². The number of esters is 1. The third kappa shape index (κ3) is 2.71. The second kappa shape index (κ2) is 7.30. The van der Waals surface area contributed by atoms with Crippen molar-refractivity contribution in [2.45, 2.75) is 117 Å². The molecule has 1 N–H and O–H groups in total. The molecule has 10 atom stereocenters. The Labute approximate surface area is 194 Å². The molecule has 0 unspecified atom stereocenters. The minimum Gasteiger partial charge on any atom is -0.462 e. The van der Waals surface area contributed by atoms with E-state index in [1.54, 1.807) is 0 Å². The van der Waals surface area contributed by atoms with Crippen molar-refractivity contribution in [3.05, 3.63) is 0 Å². The first-order valence-corrected chi connectivity index (χ1v) is 13.4. The highest BCUT2D eigenvalue weighted by molar-refractivity contribution is 5.84. The quantitative estimate of drug-likeness (QED) is 0.555. The van der Waals surface area contributed by atoms with Crippen LogP contribution in [0.3, 0.4) is 0 Å². The van der Waals surface area contributed by atoms with Crippen molar-refractivity contribution in [3.8, 4) is 0 Å². The fraction of sp³-hybridized carbons (Fsp3) is 0.929. The number of hydrogen-bond donors (Lipinski definition) is 1. The van der Waals surface area contributed by atoms with Crippen molar-refractivity contribution in [1.29, 1.82) is 0 Å². The maximum Gasteiger partial charge on any atom is 0.302 e. The van der Waals surface area contributed by atoms with Crippen LogP contribution in [0.5, 0.6) is 0 Å². The van der Waals surface area contributed by atoms with E-state index in [1.165, 1.54) is 32.6 Å². The third-order valence-corrected chi connectivity index (χ3v) is 12.2. The second-order valence-corrected chi connectivity index (χ2v) is 13.0. The number of ether oxygens (including phenoxy) is 1. The van der Waals surface area contributed by atoms with E-state index < -0.39 is 5.60 Å². The summed E-state index contributed by atoms with van der Waals surface area (Å²) in [5.74, 6) is 2.67. The van der Waals surface area contributed by atoms with Gasteiger partial charge in [-0.3, -0.25) is 9.59 Å². The van der Waals surface area contributed by atoms with E-state index in [9.17, 15) is 14.7 Å². The van der Waals surface area contributed by atoms with Crippen molar-refractivity contribution in [2.75, 3.05) is 0 Å². The molecule has 0 aromatic carbocycles. The first-order valence-electron chi connectivity index (χ1n) is 13.4. The average molecular weight is 445 g/mol. The number of aliphatic hydroxyl groups is 1. The van der Waals surface area contributed by atoms with E-state index in [1.807, 2.05) is 6.92 Å². The highest BCUT2D eigenvalue weighted by Crippen LogP contribution is 2.75. The average Bonchev–Trinajstić information content (AvgIpc) is 3.00. The van der Waals surface area contributed by atoms with Gasteiger partial charge in [0, 0.05) is 18.8 Å². The molecule has 5 fully saturated rings. The molecular weight excluding hydrogens is 400 g/mol. The lowest BCUT2D eigenvalue weighted by molar-refractivity contribution is -0.248. The maximum absolute atomic E-state index is 13.3. The van der Waals surface area contributed by atoms with Crippen LogP contribution in [0.2, 0.25) is 0 Å². The first-order chi connectivity index (χ1) is 15.0. The van der Waals surface area contributed by atoms with E-state index >= 15 is 0 Å². The van der Waals surface area contributed by atoms with Crippen molar-refractivity contribution >= 4 is 11.8 Å². The van der Waals surface area contributed by atoms with Gasteiger partial charge in [0.1, 0.15) is 11.9 Å². The number of hydrogen-bond acceptors (Lipinski definition) is 4. The van der Waals surface area contributed by atoms with Crippen molar-refractivity contribution in [2.24, 2.45) is 45.8 Å². The molecule has 0 aliphatic heterocycles. The number of carbonyl (C=O) groups excluding carboxylic acids is 2. The SMILES string of the molecule is CC(=O)O[C@H]1CC[C@]2(C)[C@H]3CC[C@@]4(C)[C@@H](C[C@H]5CCCC[C@]54C(C)=O)[C@@H]3C[C@H](C)[C@@]2(O)C1. The van der Waals surface area contributed by atoms with Crippen molar-refractivity contribution in [1.82, 2.24) is 0 Å². The van der Waals surface area contributed by atoms with Gasteiger partial charge in [-0.15, -0.1) is 0 Å². The van der Waals surface area contributed by atoms with E-state index in [-0.39, 0.29) is 34.2 Å². The third-order valence-electron chi connectivity index (χ3n) is 12.2. The van der Waals surface area contributed by atoms with Gasteiger partial charge in [-0.25, -0.2) is 0 Å². The fourth-order valence-corrected chi connectivity index (χ4v) is 10.8. The van der Waals surface area contributed by atoms with Crippen LogP contribution in [0.1, 0.15) is 105 Å². The largest absolute Gasteiger partial charge is 0.462 e. The Morgan fingerprint density at radius 1 is 0.906 bits per heavy atom. The Morgan fingerprint density at radius 2 is 1.62 bits per heavy atom. The molecule has 0 radical (unpaired) electrons. The molecule has 0 bridgehead atoms. The molecule has 0 heterocycles. The predicted octanol–water partition coefficient (Wildman–Crippen LogP) is 5.70. The van der Waals surface area contributed by atoms with Crippen LogP contribution in [-0.2, 0) is 14.3 Å². The van der Waals surface area contributed by atoms with Gasteiger partial charge in [0.05, 0.1) is 5.60 Å². The maximum atomic E-state index is 13.3. The molecule has 5 rings (SSSR count). The Hall–Kier alpha value is -0.900. The molecule has 0 aromatic rings. The topological polar surface area (TPSA) is 63.6 Å². The Kier molecular flexibility index (Phi) is 5.22. The van der Waals surface area contributed by atoms with E-state index in [0.717, 1.165) is 38.5 Å². The Bertz CT molecular complexity index is 807. The van der Waals surface area contributed by atoms with Gasteiger partial charge in [0.2, 0.25) is 0 Å². The zero-order valence-electron chi connectivity index (χ0n) is 20.9. The van der Waals surface area contributed by atoms with Gasteiger partial charge < -0.3 is 9.84 Å². The van der Waals surface area contributed by atoms with Crippen LogP contribution in [0.15, 0.2) is 0 Å². The molecule has 180 valence electrons. The van der Waals surface area contributed by atoms with E-state index in [4.69, 9.17) is 4.74 Å². The zero-order chi connectivity index (χ0) is 23.1. The standard InChI is InChI=1S/C28H44O4/c1-17-14-22-23(26(5)12-9-21(32-19(3)30)16-28(17,26)31)10-13-25(4)24(22)15-20-8-6-7-11-27(20,25)18(2)29/h17,20-24,31H,6-16H2,1-5H3/t17-,20+,21-,22+,23-,24-,25-,26+,27-,28-/m0/s1. The van der Waals surface area contributed by atoms with Crippen molar-refractivity contribution in [3.63, 3.8) is 0 Å². The summed E-state index contributed by atoms with van der Waals surface area (Å²) in [5.41, 5.74) is -0.897. The van der Waals surface area contributed by atoms with Crippen LogP contribution < -0.4 is 0 Å². The zero-order valence-corrected chi connectivity index (χ0v) is 20.9. The molecule has 32 heavy (non-hydrogen) atoms. The molecule has 0 aromatic heterocycles. The van der Waals surface area contributed by atoms with Crippen LogP contribution in [0.25, 0.3) is 0 Å². The minimum atomic E-state index is -0.774. The molecular formula is C28H44O4. The van der Waals surface area contributed by atoms with Gasteiger partial charge in [0.15, 0.2) is 0 Å². The Balaban J connectivity index is 1.49. The molecule has 5 saturated carbocycles. The molecule has 5 aliphatic rings. The predicted molar refractivity (Wildman–Crippen MR) is 124 cm³/mol. The highest BCUT2D eigenvalue weighted by Gasteiger charge is 2.72. The molecule has 0 saturated heterocycles. The summed E-state index contributed by atoms with van der Waals surface area (Å²) in [5, 5.41) is 12.1. The Morgan fingerprint density at radius 3 is 2.31 bits per heavy atom. The summed E-state index contributed by atoms with van der Waals surface area (Å²) in [7, 11) is 0. The summed E-state index contributed by atoms with van der Waals surface area (Å²) >= 11 is 0. The summed E-state index contributed by atoms with van der Waals surface area (Å²) in [6.45, 7) is 10.4. The van der Waals surface area contributed by atoms with Gasteiger partial charge >= 0.3 is 5.97 Å².